The lowest BCUT2D eigenvalue weighted by Gasteiger charge is -2.32. The van der Waals surface area contributed by atoms with Crippen molar-refractivity contribution in [3.05, 3.63) is 23.4 Å². The Balaban J connectivity index is 2.50. The van der Waals surface area contributed by atoms with Crippen molar-refractivity contribution in [3.63, 3.8) is 0 Å². The number of hydrogen-bond donors (Lipinski definition) is 2. The second-order valence-corrected chi connectivity index (χ2v) is 4.30. The van der Waals surface area contributed by atoms with Gasteiger partial charge >= 0.3 is 12.1 Å². The summed E-state index contributed by atoms with van der Waals surface area (Å²) in [5.74, 6) is -0.975. The van der Waals surface area contributed by atoms with E-state index in [1.807, 2.05) is 6.08 Å². The molecule has 2 rings (SSSR count). The molecule has 16 heavy (non-hydrogen) atoms. The van der Waals surface area contributed by atoms with Crippen LogP contribution in [0.2, 0.25) is 0 Å². The van der Waals surface area contributed by atoms with Gasteiger partial charge in [0.25, 0.3) is 0 Å². The molecule has 0 aromatic heterocycles. The Morgan fingerprint density at radius 3 is 2.69 bits per heavy atom. The summed E-state index contributed by atoms with van der Waals surface area (Å²) in [6, 6.07) is 0. The Labute approximate surface area is 92.7 Å². The van der Waals surface area contributed by atoms with E-state index in [1.165, 1.54) is 0 Å². The Bertz CT molecular complexity index is 424. The molecule has 0 aromatic rings. The maximum absolute atomic E-state index is 11.3. The van der Waals surface area contributed by atoms with Gasteiger partial charge in [-0.05, 0) is 25.3 Å². The Morgan fingerprint density at radius 1 is 1.44 bits per heavy atom. The minimum Gasteiger partial charge on any atom is -0.481 e. The third kappa shape index (κ3) is 1.31. The number of carbonyl (C=O) groups is 2. The van der Waals surface area contributed by atoms with E-state index in [2.05, 4.69) is 0 Å². The topological polar surface area (TPSA) is 77.8 Å². The highest BCUT2D eigenvalue weighted by molar-refractivity contribution is 5.82. The largest absolute Gasteiger partial charge is 0.481 e. The lowest BCUT2D eigenvalue weighted by Crippen LogP contribution is -2.40. The lowest BCUT2D eigenvalue weighted by atomic mass is 9.78. The van der Waals surface area contributed by atoms with Gasteiger partial charge in [0.15, 0.2) is 0 Å². The minimum atomic E-state index is -1.11. The Hall–Kier alpha value is -1.78. The van der Waals surface area contributed by atoms with E-state index in [0.29, 0.717) is 25.1 Å². The van der Waals surface area contributed by atoms with Crippen molar-refractivity contribution in [3.8, 4) is 0 Å². The first-order chi connectivity index (χ1) is 7.47. The van der Waals surface area contributed by atoms with E-state index in [-0.39, 0.29) is 0 Å². The number of amides is 1. The number of hydrogen-bond acceptors (Lipinski definition) is 2. The maximum atomic E-state index is 11.3. The monoisotopic (exact) mass is 223 g/mol. The summed E-state index contributed by atoms with van der Waals surface area (Å²) in [6.45, 7) is 1.93. The van der Waals surface area contributed by atoms with Gasteiger partial charge in [-0.25, -0.2) is 4.79 Å². The van der Waals surface area contributed by atoms with Gasteiger partial charge in [-0.15, -0.1) is 0 Å². The first-order valence-electron chi connectivity index (χ1n) is 5.11. The minimum absolute atomic E-state index is 0.338. The van der Waals surface area contributed by atoms with Crippen LogP contribution in [-0.4, -0.2) is 33.7 Å². The summed E-state index contributed by atoms with van der Waals surface area (Å²) in [5.41, 5.74) is 0.160. The summed E-state index contributed by atoms with van der Waals surface area (Å²) in [7, 11) is 0. The molecule has 0 radical (unpaired) electrons. The molecule has 2 aliphatic rings. The molecule has 1 aliphatic carbocycles. The van der Waals surface area contributed by atoms with E-state index < -0.39 is 17.5 Å². The molecule has 1 aliphatic heterocycles. The standard InChI is InChI=1S/C11H13NO4/c1-11(9(13)14)5-2-3-7-4-6-12(8(7)11)10(15)16/h2-3H,4-6H2,1H3,(H,13,14)(H,15,16). The third-order valence-electron chi connectivity index (χ3n) is 3.25. The molecule has 0 saturated heterocycles. The van der Waals surface area contributed by atoms with Crippen LogP contribution in [0.15, 0.2) is 23.4 Å². The van der Waals surface area contributed by atoms with Crippen molar-refractivity contribution in [2.75, 3.05) is 6.54 Å². The van der Waals surface area contributed by atoms with Gasteiger partial charge < -0.3 is 10.2 Å². The average molecular weight is 223 g/mol. The second-order valence-electron chi connectivity index (χ2n) is 4.30. The summed E-state index contributed by atoms with van der Waals surface area (Å²) >= 11 is 0. The van der Waals surface area contributed by atoms with E-state index in [1.54, 1.807) is 13.0 Å². The maximum Gasteiger partial charge on any atom is 0.411 e. The molecule has 1 unspecified atom stereocenters. The van der Waals surface area contributed by atoms with E-state index in [9.17, 15) is 14.7 Å². The van der Waals surface area contributed by atoms with Crippen LogP contribution in [0.25, 0.3) is 0 Å². The van der Waals surface area contributed by atoms with Gasteiger partial charge in [0.1, 0.15) is 5.41 Å². The summed E-state index contributed by atoms with van der Waals surface area (Å²) in [4.78, 5) is 23.5. The normalized spacial score (nSPS) is 28.2. The van der Waals surface area contributed by atoms with E-state index >= 15 is 0 Å². The van der Waals surface area contributed by atoms with Crippen molar-refractivity contribution in [2.24, 2.45) is 5.41 Å². The van der Waals surface area contributed by atoms with Crippen molar-refractivity contribution in [1.82, 2.24) is 4.90 Å². The smallest absolute Gasteiger partial charge is 0.411 e. The number of carboxylic acids is 1. The van der Waals surface area contributed by atoms with Crippen LogP contribution in [0.5, 0.6) is 0 Å². The molecule has 1 amide bonds. The zero-order valence-electron chi connectivity index (χ0n) is 8.93. The van der Waals surface area contributed by atoms with Gasteiger partial charge in [0, 0.05) is 12.2 Å². The van der Waals surface area contributed by atoms with Crippen molar-refractivity contribution >= 4 is 12.1 Å². The van der Waals surface area contributed by atoms with Crippen LogP contribution >= 0.6 is 0 Å². The molecule has 0 spiro atoms. The van der Waals surface area contributed by atoms with E-state index in [4.69, 9.17) is 5.11 Å². The molecule has 0 aromatic carbocycles. The van der Waals surface area contributed by atoms with Crippen molar-refractivity contribution < 1.29 is 19.8 Å². The number of aliphatic carboxylic acids is 1. The van der Waals surface area contributed by atoms with Crippen molar-refractivity contribution in [2.45, 2.75) is 19.8 Å². The molecule has 2 N–H and O–H groups in total. The number of rotatable bonds is 1. The van der Waals surface area contributed by atoms with Gasteiger partial charge in [0.05, 0.1) is 0 Å². The quantitative estimate of drug-likeness (QED) is 0.708. The SMILES string of the molecule is CC1(C(=O)O)CC=CC2=C1N(C(=O)O)CC2. The fourth-order valence-corrected chi connectivity index (χ4v) is 2.36. The third-order valence-corrected chi connectivity index (χ3v) is 3.25. The zero-order chi connectivity index (χ0) is 11.9. The molecule has 5 nitrogen and oxygen atoms in total. The fourth-order valence-electron chi connectivity index (χ4n) is 2.36. The van der Waals surface area contributed by atoms with Crippen LogP contribution in [0.1, 0.15) is 19.8 Å². The molecule has 0 saturated carbocycles. The van der Waals surface area contributed by atoms with Crippen LogP contribution in [0, 0.1) is 5.41 Å². The Morgan fingerprint density at radius 2 is 2.12 bits per heavy atom. The number of nitrogens with zero attached hydrogens (tertiary/aromatic N) is 1. The Kier molecular flexibility index (Phi) is 2.26. The first-order valence-corrected chi connectivity index (χ1v) is 5.11. The average Bonchev–Trinajstić information content (AvgIpc) is 2.62. The molecule has 86 valence electrons. The highest BCUT2D eigenvalue weighted by Crippen LogP contribution is 2.43. The van der Waals surface area contributed by atoms with Crippen LogP contribution in [0.4, 0.5) is 4.79 Å². The van der Waals surface area contributed by atoms with Crippen LogP contribution in [0.3, 0.4) is 0 Å². The summed E-state index contributed by atoms with van der Waals surface area (Å²) in [5, 5.41) is 18.3. The zero-order valence-corrected chi connectivity index (χ0v) is 8.93. The molecule has 5 heteroatoms. The molecular formula is C11H13NO4. The molecule has 1 atom stereocenters. The van der Waals surface area contributed by atoms with Gasteiger partial charge in [0.2, 0.25) is 0 Å². The predicted octanol–water partition coefficient (Wildman–Crippen LogP) is 1.68. The highest BCUT2D eigenvalue weighted by Gasteiger charge is 2.46. The molecule has 0 fully saturated rings. The summed E-state index contributed by atoms with van der Waals surface area (Å²) in [6.07, 6.45) is 3.50. The van der Waals surface area contributed by atoms with Gasteiger partial charge in [-0.2, -0.15) is 0 Å². The highest BCUT2D eigenvalue weighted by atomic mass is 16.4. The summed E-state index contributed by atoms with van der Waals surface area (Å²) < 4.78 is 0. The number of carboxylic acid groups (broad SMARTS) is 2. The lowest BCUT2D eigenvalue weighted by molar-refractivity contribution is -0.146. The second kappa shape index (κ2) is 3.37. The first kappa shape index (κ1) is 10.7. The van der Waals surface area contributed by atoms with Crippen LogP contribution < -0.4 is 0 Å². The van der Waals surface area contributed by atoms with Gasteiger partial charge in [-0.1, -0.05) is 12.2 Å². The molecule has 1 heterocycles. The van der Waals surface area contributed by atoms with Crippen molar-refractivity contribution in [1.29, 1.82) is 0 Å². The van der Waals surface area contributed by atoms with E-state index in [0.717, 1.165) is 10.5 Å². The van der Waals surface area contributed by atoms with Gasteiger partial charge in [-0.3, -0.25) is 9.69 Å². The molecular weight excluding hydrogens is 210 g/mol. The molecule has 0 bridgehead atoms. The number of allylic oxidation sites excluding steroid dienone is 2. The fraction of sp³-hybridized carbons (Fsp3) is 0.455. The van der Waals surface area contributed by atoms with Crippen LogP contribution in [-0.2, 0) is 4.79 Å². The predicted molar refractivity (Wildman–Crippen MR) is 55.9 cm³/mol.